The van der Waals surface area contributed by atoms with Gasteiger partial charge in [0.2, 0.25) is 0 Å². The number of Topliss-reactive ketones (excluding diaryl/α,β-unsaturated/α-hetero) is 1. The molecule has 1 heterocycles. The van der Waals surface area contributed by atoms with Crippen LogP contribution in [0.2, 0.25) is 0 Å². The molecule has 1 aliphatic rings. The van der Waals surface area contributed by atoms with Gasteiger partial charge in [0.15, 0.2) is 5.78 Å². The number of ether oxygens (including phenoxy) is 2. The van der Waals surface area contributed by atoms with Gasteiger partial charge in [-0.25, -0.2) is 0 Å². The third kappa shape index (κ3) is 1.94. The van der Waals surface area contributed by atoms with Gasteiger partial charge in [-0.3, -0.25) is 4.79 Å². The SMILES string of the molecule is COc1cc2c(cc1C(=O)CCN)COC2. The lowest BCUT2D eigenvalue weighted by atomic mass is 10.0. The Morgan fingerprint density at radius 2 is 2.12 bits per heavy atom. The average Bonchev–Trinajstić information content (AvgIpc) is 2.74. The van der Waals surface area contributed by atoms with Crippen LogP contribution in [-0.4, -0.2) is 19.4 Å². The summed E-state index contributed by atoms with van der Waals surface area (Å²) in [6, 6.07) is 3.74. The highest BCUT2D eigenvalue weighted by Crippen LogP contribution is 2.29. The van der Waals surface area contributed by atoms with Crippen LogP contribution in [0.1, 0.15) is 27.9 Å². The standard InChI is InChI=1S/C12H15NO3/c1-15-12-5-9-7-16-6-8(9)4-10(12)11(14)2-3-13/h4-5H,2-3,6-7,13H2,1H3. The third-order valence-electron chi connectivity index (χ3n) is 2.71. The van der Waals surface area contributed by atoms with Crippen molar-refractivity contribution in [3.63, 3.8) is 0 Å². The second kappa shape index (κ2) is 4.63. The van der Waals surface area contributed by atoms with Gasteiger partial charge in [-0.2, -0.15) is 0 Å². The third-order valence-corrected chi connectivity index (χ3v) is 2.71. The quantitative estimate of drug-likeness (QED) is 0.777. The first-order chi connectivity index (χ1) is 7.76. The van der Waals surface area contributed by atoms with Crippen molar-refractivity contribution in [3.05, 3.63) is 28.8 Å². The lowest BCUT2D eigenvalue weighted by Crippen LogP contribution is -2.10. The van der Waals surface area contributed by atoms with Gasteiger partial charge in [-0.1, -0.05) is 0 Å². The summed E-state index contributed by atoms with van der Waals surface area (Å²) in [5.74, 6) is 0.636. The Morgan fingerprint density at radius 1 is 1.44 bits per heavy atom. The number of carbonyl (C=O) groups excluding carboxylic acids is 1. The molecule has 16 heavy (non-hydrogen) atoms. The Bertz CT molecular complexity index is 415. The molecule has 1 aliphatic heterocycles. The molecule has 0 aromatic heterocycles. The fourth-order valence-electron chi connectivity index (χ4n) is 1.86. The number of nitrogens with two attached hydrogens (primary N) is 1. The van der Waals surface area contributed by atoms with Gasteiger partial charge in [0.1, 0.15) is 5.75 Å². The van der Waals surface area contributed by atoms with Crippen LogP contribution in [-0.2, 0) is 18.0 Å². The predicted octanol–water partition coefficient (Wildman–Crippen LogP) is 1.26. The van der Waals surface area contributed by atoms with Gasteiger partial charge in [0.25, 0.3) is 0 Å². The number of carbonyl (C=O) groups is 1. The molecule has 0 radical (unpaired) electrons. The van der Waals surface area contributed by atoms with Crippen molar-refractivity contribution in [2.45, 2.75) is 19.6 Å². The molecule has 4 nitrogen and oxygen atoms in total. The van der Waals surface area contributed by atoms with Crippen LogP contribution in [0.3, 0.4) is 0 Å². The second-order valence-corrected chi connectivity index (χ2v) is 3.78. The van der Waals surface area contributed by atoms with Crippen molar-refractivity contribution in [2.75, 3.05) is 13.7 Å². The molecule has 0 amide bonds. The van der Waals surface area contributed by atoms with Gasteiger partial charge in [-0.05, 0) is 29.8 Å². The molecular formula is C12H15NO3. The van der Waals surface area contributed by atoms with Crippen LogP contribution in [0.25, 0.3) is 0 Å². The Labute approximate surface area is 94.3 Å². The van der Waals surface area contributed by atoms with Gasteiger partial charge in [0.05, 0.1) is 25.9 Å². The van der Waals surface area contributed by atoms with Crippen LogP contribution in [0.5, 0.6) is 5.75 Å². The molecule has 86 valence electrons. The van der Waals surface area contributed by atoms with Crippen LogP contribution in [0, 0.1) is 0 Å². The molecule has 0 saturated carbocycles. The number of rotatable bonds is 4. The molecule has 0 aliphatic carbocycles. The zero-order valence-corrected chi connectivity index (χ0v) is 9.29. The zero-order valence-electron chi connectivity index (χ0n) is 9.29. The van der Waals surface area contributed by atoms with Crippen LogP contribution < -0.4 is 10.5 Å². The Hall–Kier alpha value is -1.39. The highest BCUT2D eigenvalue weighted by atomic mass is 16.5. The summed E-state index contributed by atoms with van der Waals surface area (Å²) in [4.78, 5) is 11.8. The van der Waals surface area contributed by atoms with Gasteiger partial charge < -0.3 is 15.2 Å². The average molecular weight is 221 g/mol. The van der Waals surface area contributed by atoms with Crippen molar-refractivity contribution in [1.82, 2.24) is 0 Å². The maximum atomic E-state index is 11.8. The smallest absolute Gasteiger partial charge is 0.167 e. The molecular weight excluding hydrogens is 206 g/mol. The fourth-order valence-corrected chi connectivity index (χ4v) is 1.86. The summed E-state index contributed by atoms with van der Waals surface area (Å²) >= 11 is 0. The molecule has 0 atom stereocenters. The second-order valence-electron chi connectivity index (χ2n) is 3.78. The normalized spacial score (nSPS) is 13.6. The van der Waals surface area contributed by atoms with Gasteiger partial charge in [-0.15, -0.1) is 0 Å². The monoisotopic (exact) mass is 221 g/mol. The van der Waals surface area contributed by atoms with Crippen molar-refractivity contribution < 1.29 is 14.3 Å². The first kappa shape index (κ1) is 11.1. The molecule has 2 rings (SSSR count). The molecule has 0 fully saturated rings. The highest BCUT2D eigenvalue weighted by Gasteiger charge is 2.18. The lowest BCUT2D eigenvalue weighted by Gasteiger charge is -2.09. The first-order valence-corrected chi connectivity index (χ1v) is 5.27. The molecule has 0 saturated heterocycles. The fraction of sp³-hybridized carbons (Fsp3) is 0.417. The van der Waals surface area contributed by atoms with Crippen LogP contribution in [0.4, 0.5) is 0 Å². The van der Waals surface area contributed by atoms with Crippen LogP contribution in [0.15, 0.2) is 12.1 Å². The number of fused-ring (bicyclic) bond motifs is 1. The van der Waals surface area contributed by atoms with E-state index in [1.165, 1.54) is 0 Å². The summed E-state index contributed by atoms with van der Waals surface area (Å²) in [6.07, 6.45) is 0.343. The number of hydrogen-bond acceptors (Lipinski definition) is 4. The topological polar surface area (TPSA) is 61.5 Å². The van der Waals surface area contributed by atoms with Crippen molar-refractivity contribution >= 4 is 5.78 Å². The summed E-state index contributed by atoms with van der Waals surface area (Å²) in [7, 11) is 1.57. The molecule has 2 N–H and O–H groups in total. The molecule has 1 aromatic carbocycles. The van der Waals surface area contributed by atoms with Crippen molar-refractivity contribution in [3.8, 4) is 5.75 Å². The van der Waals surface area contributed by atoms with E-state index in [2.05, 4.69) is 0 Å². The van der Waals surface area contributed by atoms with E-state index < -0.39 is 0 Å². The molecule has 4 heteroatoms. The van der Waals surface area contributed by atoms with E-state index in [-0.39, 0.29) is 5.78 Å². The van der Waals surface area contributed by atoms with E-state index in [1.807, 2.05) is 12.1 Å². The minimum Gasteiger partial charge on any atom is -0.496 e. The minimum absolute atomic E-state index is 0.0223. The van der Waals surface area contributed by atoms with Crippen molar-refractivity contribution in [2.24, 2.45) is 5.73 Å². The molecule has 1 aromatic rings. The first-order valence-electron chi connectivity index (χ1n) is 5.27. The summed E-state index contributed by atoms with van der Waals surface area (Å²) in [6.45, 7) is 1.52. The predicted molar refractivity (Wildman–Crippen MR) is 59.5 cm³/mol. The Morgan fingerprint density at radius 3 is 2.75 bits per heavy atom. The van der Waals surface area contributed by atoms with Gasteiger partial charge in [0, 0.05) is 6.42 Å². The van der Waals surface area contributed by atoms with E-state index in [1.54, 1.807) is 7.11 Å². The minimum atomic E-state index is 0.0223. The maximum absolute atomic E-state index is 11.8. The summed E-state index contributed by atoms with van der Waals surface area (Å²) < 4.78 is 10.5. The maximum Gasteiger partial charge on any atom is 0.167 e. The summed E-state index contributed by atoms with van der Waals surface area (Å²) in [5.41, 5.74) is 8.16. The highest BCUT2D eigenvalue weighted by molar-refractivity contribution is 5.99. The number of hydrogen-bond donors (Lipinski definition) is 1. The molecule has 0 unspecified atom stereocenters. The zero-order chi connectivity index (χ0) is 11.5. The summed E-state index contributed by atoms with van der Waals surface area (Å²) in [5, 5.41) is 0. The van der Waals surface area contributed by atoms with Crippen molar-refractivity contribution in [1.29, 1.82) is 0 Å². The van der Waals surface area contributed by atoms with E-state index in [9.17, 15) is 4.79 Å². The largest absolute Gasteiger partial charge is 0.496 e. The van der Waals surface area contributed by atoms with Gasteiger partial charge >= 0.3 is 0 Å². The number of benzene rings is 1. The Kier molecular flexibility index (Phi) is 3.22. The molecule has 0 spiro atoms. The van der Waals surface area contributed by atoms with E-state index in [4.69, 9.17) is 15.2 Å². The van der Waals surface area contributed by atoms with E-state index in [0.717, 1.165) is 11.1 Å². The number of ketones is 1. The van der Waals surface area contributed by atoms with Crippen LogP contribution >= 0.6 is 0 Å². The Balaban J connectivity index is 2.39. The number of methoxy groups -OCH3 is 1. The lowest BCUT2D eigenvalue weighted by molar-refractivity contribution is 0.0982. The van der Waals surface area contributed by atoms with E-state index >= 15 is 0 Å². The molecule has 0 bridgehead atoms. The van der Waals surface area contributed by atoms with E-state index in [0.29, 0.717) is 37.5 Å².